The average Bonchev–Trinajstić information content (AvgIpc) is 2.45. The van der Waals surface area contributed by atoms with Gasteiger partial charge in [0, 0.05) is 11.8 Å². The molecule has 0 fully saturated rings. The van der Waals surface area contributed by atoms with Crippen LogP contribution in [0.4, 0.5) is 14.5 Å². The Morgan fingerprint density at radius 3 is 2.00 bits per heavy atom. The summed E-state index contributed by atoms with van der Waals surface area (Å²) in [5, 5.41) is 2.41. The molecular formula is C15H13F2NO3. The van der Waals surface area contributed by atoms with Gasteiger partial charge in [-0.1, -0.05) is 6.07 Å². The molecule has 2 aromatic carbocycles. The standard InChI is InChI=1S/C15H13F2NO3/c1-20-12-4-3-5-13(21-2)14(12)15(19)18-11-7-9(16)6-10(17)8-11/h3-8H,1-2H3,(H,18,19). The summed E-state index contributed by atoms with van der Waals surface area (Å²) in [5.41, 5.74) is 0.151. The molecule has 0 heterocycles. The fourth-order valence-corrected chi connectivity index (χ4v) is 1.89. The maximum Gasteiger partial charge on any atom is 0.263 e. The summed E-state index contributed by atoms with van der Waals surface area (Å²) in [6, 6.07) is 7.59. The summed E-state index contributed by atoms with van der Waals surface area (Å²) in [6.45, 7) is 0. The van der Waals surface area contributed by atoms with Crippen molar-refractivity contribution in [3.8, 4) is 11.5 Å². The van der Waals surface area contributed by atoms with Crippen molar-refractivity contribution >= 4 is 11.6 Å². The van der Waals surface area contributed by atoms with Crippen molar-refractivity contribution in [2.24, 2.45) is 0 Å². The summed E-state index contributed by atoms with van der Waals surface area (Å²) in [5.74, 6) is -1.56. The summed E-state index contributed by atoms with van der Waals surface area (Å²) < 4.78 is 36.5. The second-order valence-electron chi connectivity index (χ2n) is 4.15. The molecule has 1 amide bonds. The number of amides is 1. The number of carbonyl (C=O) groups is 1. The predicted octanol–water partition coefficient (Wildman–Crippen LogP) is 3.23. The Labute approximate surface area is 120 Å². The summed E-state index contributed by atoms with van der Waals surface area (Å²) in [4.78, 5) is 12.3. The molecular weight excluding hydrogens is 280 g/mol. The first-order valence-electron chi connectivity index (χ1n) is 6.03. The van der Waals surface area contributed by atoms with E-state index in [1.54, 1.807) is 18.2 Å². The Bertz CT molecular complexity index is 631. The van der Waals surface area contributed by atoms with Crippen LogP contribution in [0.1, 0.15) is 10.4 Å². The van der Waals surface area contributed by atoms with Crippen LogP contribution in [0.25, 0.3) is 0 Å². The Kier molecular flexibility index (Phi) is 4.37. The highest BCUT2D eigenvalue weighted by Crippen LogP contribution is 2.29. The van der Waals surface area contributed by atoms with Crippen molar-refractivity contribution in [2.75, 3.05) is 19.5 Å². The Morgan fingerprint density at radius 1 is 1.00 bits per heavy atom. The van der Waals surface area contributed by atoms with Gasteiger partial charge >= 0.3 is 0 Å². The molecule has 0 atom stereocenters. The van der Waals surface area contributed by atoms with E-state index in [-0.39, 0.29) is 11.3 Å². The third-order valence-electron chi connectivity index (χ3n) is 2.78. The second kappa shape index (κ2) is 6.21. The van der Waals surface area contributed by atoms with Crippen molar-refractivity contribution in [3.05, 3.63) is 53.6 Å². The van der Waals surface area contributed by atoms with Crippen LogP contribution in [-0.4, -0.2) is 20.1 Å². The van der Waals surface area contributed by atoms with Crippen molar-refractivity contribution in [1.82, 2.24) is 0 Å². The molecule has 0 bridgehead atoms. The molecule has 0 radical (unpaired) electrons. The zero-order valence-electron chi connectivity index (χ0n) is 11.4. The Morgan fingerprint density at radius 2 is 1.52 bits per heavy atom. The molecule has 0 aliphatic carbocycles. The van der Waals surface area contributed by atoms with Crippen molar-refractivity contribution < 1.29 is 23.0 Å². The first-order valence-corrected chi connectivity index (χ1v) is 6.03. The van der Waals surface area contributed by atoms with E-state index >= 15 is 0 Å². The fourth-order valence-electron chi connectivity index (χ4n) is 1.89. The van der Waals surface area contributed by atoms with Gasteiger partial charge < -0.3 is 14.8 Å². The monoisotopic (exact) mass is 293 g/mol. The molecule has 2 aromatic rings. The van der Waals surface area contributed by atoms with Crippen LogP contribution in [0.2, 0.25) is 0 Å². The van der Waals surface area contributed by atoms with Gasteiger partial charge in [-0.2, -0.15) is 0 Å². The molecule has 0 aromatic heterocycles. The first kappa shape index (κ1) is 14.8. The van der Waals surface area contributed by atoms with E-state index in [2.05, 4.69) is 5.32 Å². The lowest BCUT2D eigenvalue weighted by Gasteiger charge is -2.13. The van der Waals surface area contributed by atoms with Gasteiger partial charge in [0.2, 0.25) is 0 Å². The normalized spacial score (nSPS) is 10.1. The maximum absolute atomic E-state index is 13.1. The topological polar surface area (TPSA) is 47.6 Å². The molecule has 21 heavy (non-hydrogen) atoms. The van der Waals surface area contributed by atoms with Crippen LogP contribution in [0, 0.1) is 11.6 Å². The lowest BCUT2D eigenvalue weighted by Crippen LogP contribution is -2.14. The molecule has 2 rings (SSSR count). The largest absolute Gasteiger partial charge is 0.496 e. The molecule has 0 saturated heterocycles. The molecule has 0 aliphatic rings. The molecule has 6 heteroatoms. The number of methoxy groups -OCH3 is 2. The minimum Gasteiger partial charge on any atom is -0.496 e. The molecule has 110 valence electrons. The highest BCUT2D eigenvalue weighted by molar-refractivity contribution is 6.08. The maximum atomic E-state index is 13.1. The molecule has 4 nitrogen and oxygen atoms in total. The Balaban J connectivity index is 2.36. The first-order chi connectivity index (χ1) is 10.0. The number of hydrogen-bond acceptors (Lipinski definition) is 3. The highest BCUT2D eigenvalue weighted by Gasteiger charge is 2.18. The van der Waals surface area contributed by atoms with Crippen LogP contribution >= 0.6 is 0 Å². The lowest BCUT2D eigenvalue weighted by atomic mass is 10.1. The van der Waals surface area contributed by atoms with E-state index in [4.69, 9.17) is 9.47 Å². The number of benzene rings is 2. The number of anilines is 1. The van der Waals surface area contributed by atoms with Gasteiger partial charge in [-0.15, -0.1) is 0 Å². The van der Waals surface area contributed by atoms with E-state index < -0.39 is 17.5 Å². The third-order valence-corrected chi connectivity index (χ3v) is 2.78. The van der Waals surface area contributed by atoms with Crippen molar-refractivity contribution in [2.45, 2.75) is 0 Å². The molecule has 0 saturated carbocycles. The van der Waals surface area contributed by atoms with Crippen molar-refractivity contribution in [1.29, 1.82) is 0 Å². The predicted molar refractivity (Wildman–Crippen MR) is 73.9 cm³/mol. The van der Waals surface area contributed by atoms with E-state index in [0.717, 1.165) is 18.2 Å². The number of ether oxygens (including phenoxy) is 2. The smallest absolute Gasteiger partial charge is 0.263 e. The number of nitrogens with one attached hydrogen (secondary N) is 1. The number of rotatable bonds is 4. The van der Waals surface area contributed by atoms with E-state index in [1.807, 2.05) is 0 Å². The van der Waals surface area contributed by atoms with Crippen LogP contribution in [0.3, 0.4) is 0 Å². The fraction of sp³-hybridized carbons (Fsp3) is 0.133. The second-order valence-corrected chi connectivity index (χ2v) is 4.15. The van der Waals surface area contributed by atoms with Gasteiger partial charge in [0.05, 0.1) is 14.2 Å². The number of halogens is 2. The summed E-state index contributed by atoms with van der Waals surface area (Å²) in [6.07, 6.45) is 0. The highest BCUT2D eigenvalue weighted by atomic mass is 19.1. The SMILES string of the molecule is COc1cccc(OC)c1C(=O)Nc1cc(F)cc(F)c1. The van der Waals surface area contributed by atoms with E-state index in [0.29, 0.717) is 11.5 Å². The number of hydrogen-bond donors (Lipinski definition) is 1. The van der Waals surface area contributed by atoms with Gasteiger partial charge in [-0.3, -0.25) is 4.79 Å². The van der Waals surface area contributed by atoms with Crippen LogP contribution in [0.5, 0.6) is 11.5 Å². The summed E-state index contributed by atoms with van der Waals surface area (Å²) in [7, 11) is 2.82. The number of carbonyl (C=O) groups excluding carboxylic acids is 1. The van der Waals surface area contributed by atoms with Crippen LogP contribution < -0.4 is 14.8 Å². The molecule has 0 aliphatic heterocycles. The minimum atomic E-state index is -0.780. The van der Waals surface area contributed by atoms with Crippen LogP contribution in [-0.2, 0) is 0 Å². The van der Waals surface area contributed by atoms with E-state index in [9.17, 15) is 13.6 Å². The third kappa shape index (κ3) is 3.28. The quantitative estimate of drug-likeness (QED) is 0.941. The zero-order valence-corrected chi connectivity index (χ0v) is 11.4. The van der Waals surface area contributed by atoms with Gasteiger partial charge in [-0.25, -0.2) is 8.78 Å². The summed E-state index contributed by atoms with van der Waals surface area (Å²) >= 11 is 0. The molecule has 0 unspecified atom stereocenters. The lowest BCUT2D eigenvalue weighted by molar-refractivity contribution is 0.102. The van der Waals surface area contributed by atoms with E-state index in [1.165, 1.54) is 14.2 Å². The Hall–Kier alpha value is -2.63. The van der Waals surface area contributed by atoms with Gasteiger partial charge in [-0.05, 0) is 24.3 Å². The van der Waals surface area contributed by atoms with Crippen LogP contribution in [0.15, 0.2) is 36.4 Å². The molecule has 0 spiro atoms. The molecule has 1 N–H and O–H groups in total. The average molecular weight is 293 g/mol. The van der Waals surface area contributed by atoms with Crippen molar-refractivity contribution in [3.63, 3.8) is 0 Å². The van der Waals surface area contributed by atoms with Gasteiger partial charge in [0.15, 0.2) is 0 Å². The van der Waals surface area contributed by atoms with Gasteiger partial charge in [0.1, 0.15) is 28.7 Å². The zero-order chi connectivity index (χ0) is 15.4. The minimum absolute atomic E-state index is 0.00505. The van der Waals surface area contributed by atoms with Gasteiger partial charge in [0.25, 0.3) is 5.91 Å².